The van der Waals surface area contributed by atoms with Gasteiger partial charge in [-0.3, -0.25) is 14.2 Å². The van der Waals surface area contributed by atoms with Gasteiger partial charge in [0.1, 0.15) is 12.3 Å². The van der Waals surface area contributed by atoms with Crippen LogP contribution in [0.2, 0.25) is 0 Å². The summed E-state index contributed by atoms with van der Waals surface area (Å²) in [5.41, 5.74) is 2.69. The molecule has 8 heteroatoms. The van der Waals surface area contributed by atoms with E-state index < -0.39 is 0 Å². The van der Waals surface area contributed by atoms with E-state index in [1.54, 1.807) is 19.2 Å². The molecule has 2 aromatic carbocycles. The molecule has 2 heterocycles. The van der Waals surface area contributed by atoms with Gasteiger partial charge in [0, 0.05) is 10.4 Å². The SMILES string of the molecule is COc1ccc(-c2nc(NC(=O)Cn3c(=O)cnc4ccccc43)sc2C)cc1. The second-order valence-corrected chi connectivity index (χ2v) is 7.57. The van der Waals surface area contributed by atoms with E-state index in [9.17, 15) is 9.59 Å². The number of hydrogen-bond donors (Lipinski definition) is 1. The molecule has 0 aliphatic carbocycles. The highest BCUT2D eigenvalue weighted by molar-refractivity contribution is 7.16. The minimum absolute atomic E-state index is 0.113. The molecule has 1 N–H and O–H groups in total. The normalized spacial score (nSPS) is 10.8. The van der Waals surface area contributed by atoms with Gasteiger partial charge in [0.15, 0.2) is 5.13 Å². The molecular weight excluding hydrogens is 388 g/mol. The first-order chi connectivity index (χ1) is 14.0. The van der Waals surface area contributed by atoms with Gasteiger partial charge in [-0.1, -0.05) is 12.1 Å². The second-order valence-electron chi connectivity index (χ2n) is 6.37. The third-order valence-corrected chi connectivity index (χ3v) is 5.35. The van der Waals surface area contributed by atoms with E-state index in [1.165, 1.54) is 22.1 Å². The molecule has 0 fully saturated rings. The van der Waals surface area contributed by atoms with Gasteiger partial charge in [-0.05, 0) is 43.3 Å². The highest BCUT2D eigenvalue weighted by atomic mass is 32.1. The lowest BCUT2D eigenvalue weighted by atomic mass is 10.1. The molecule has 146 valence electrons. The number of amides is 1. The van der Waals surface area contributed by atoms with Crippen LogP contribution in [0.1, 0.15) is 4.88 Å². The van der Waals surface area contributed by atoms with Crippen molar-refractivity contribution in [1.29, 1.82) is 0 Å². The summed E-state index contributed by atoms with van der Waals surface area (Å²) >= 11 is 1.39. The van der Waals surface area contributed by atoms with E-state index in [4.69, 9.17) is 4.74 Å². The Morgan fingerprint density at radius 2 is 1.93 bits per heavy atom. The summed E-state index contributed by atoms with van der Waals surface area (Å²) in [6, 6.07) is 14.8. The van der Waals surface area contributed by atoms with E-state index in [1.807, 2.05) is 43.3 Å². The minimum Gasteiger partial charge on any atom is -0.497 e. The lowest BCUT2D eigenvalue weighted by Crippen LogP contribution is -2.27. The zero-order valence-corrected chi connectivity index (χ0v) is 16.7. The average Bonchev–Trinajstić information content (AvgIpc) is 3.10. The van der Waals surface area contributed by atoms with Crippen LogP contribution >= 0.6 is 11.3 Å². The fraction of sp³-hybridized carbons (Fsp3) is 0.143. The molecular formula is C21H18N4O3S. The van der Waals surface area contributed by atoms with Crippen molar-refractivity contribution in [3.63, 3.8) is 0 Å². The van der Waals surface area contributed by atoms with Crippen LogP contribution in [0.4, 0.5) is 5.13 Å². The van der Waals surface area contributed by atoms with Crippen LogP contribution in [-0.2, 0) is 11.3 Å². The molecule has 0 spiro atoms. The molecule has 29 heavy (non-hydrogen) atoms. The molecule has 7 nitrogen and oxygen atoms in total. The van der Waals surface area contributed by atoms with E-state index in [0.717, 1.165) is 21.9 Å². The van der Waals surface area contributed by atoms with Gasteiger partial charge in [0.05, 0.1) is 30.0 Å². The summed E-state index contributed by atoms with van der Waals surface area (Å²) in [6.45, 7) is 1.84. The number of benzene rings is 2. The van der Waals surface area contributed by atoms with Crippen molar-refractivity contribution in [2.45, 2.75) is 13.5 Å². The van der Waals surface area contributed by atoms with Gasteiger partial charge in [-0.15, -0.1) is 11.3 Å². The fourth-order valence-electron chi connectivity index (χ4n) is 3.05. The molecule has 0 atom stereocenters. The zero-order chi connectivity index (χ0) is 20.4. The van der Waals surface area contributed by atoms with Crippen LogP contribution in [0.3, 0.4) is 0 Å². The van der Waals surface area contributed by atoms with E-state index in [-0.39, 0.29) is 18.0 Å². The summed E-state index contributed by atoms with van der Waals surface area (Å²) in [4.78, 5) is 34.4. The van der Waals surface area contributed by atoms with Crippen molar-refractivity contribution >= 4 is 33.4 Å². The number of nitrogens with zero attached hydrogens (tertiary/aromatic N) is 3. The van der Waals surface area contributed by atoms with Crippen molar-refractivity contribution in [2.24, 2.45) is 0 Å². The number of hydrogen-bond acceptors (Lipinski definition) is 6. The third kappa shape index (κ3) is 3.88. The number of rotatable bonds is 5. The number of fused-ring (bicyclic) bond motifs is 1. The highest BCUT2D eigenvalue weighted by Gasteiger charge is 2.14. The van der Waals surface area contributed by atoms with E-state index >= 15 is 0 Å². The molecule has 4 rings (SSSR count). The van der Waals surface area contributed by atoms with Crippen LogP contribution in [0, 0.1) is 6.92 Å². The summed E-state index contributed by atoms with van der Waals surface area (Å²) in [5, 5.41) is 3.29. The van der Waals surface area contributed by atoms with Crippen molar-refractivity contribution in [3.8, 4) is 17.0 Å². The van der Waals surface area contributed by atoms with E-state index in [2.05, 4.69) is 15.3 Å². The number of carbonyl (C=O) groups excluding carboxylic acids is 1. The number of para-hydroxylation sites is 2. The van der Waals surface area contributed by atoms with Gasteiger partial charge in [0.2, 0.25) is 5.91 Å². The molecule has 2 aromatic heterocycles. The molecule has 1 amide bonds. The monoisotopic (exact) mass is 406 g/mol. The Morgan fingerprint density at radius 3 is 2.69 bits per heavy atom. The lowest BCUT2D eigenvalue weighted by Gasteiger charge is -2.08. The van der Waals surface area contributed by atoms with E-state index in [0.29, 0.717) is 16.2 Å². The molecule has 0 aliphatic heterocycles. The summed E-state index contributed by atoms with van der Waals surface area (Å²) in [5.74, 6) is 0.448. The highest BCUT2D eigenvalue weighted by Crippen LogP contribution is 2.31. The van der Waals surface area contributed by atoms with Crippen LogP contribution in [0.15, 0.2) is 59.5 Å². The first-order valence-corrected chi connectivity index (χ1v) is 9.73. The van der Waals surface area contributed by atoms with Gasteiger partial charge in [0.25, 0.3) is 5.56 Å². The Bertz CT molecular complexity index is 1250. The molecule has 0 saturated carbocycles. The van der Waals surface area contributed by atoms with Crippen LogP contribution in [0.25, 0.3) is 22.3 Å². The van der Waals surface area contributed by atoms with Crippen molar-refractivity contribution in [2.75, 3.05) is 12.4 Å². The van der Waals surface area contributed by atoms with Gasteiger partial charge < -0.3 is 10.1 Å². The maximum atomic E-state index is 12.6. The Hall–Kier alpha value is -3.52. The van der Waals surface area contributed by atoms with Crippen LogP contribution in [-0.4, -0.2) is 27.6 Å². The standard InChI is InChI=1S/C21H18N4O3S/c1-13-20(14-7-9-15(28-2)10-8-14)24-21(29-13)23-18(26)12-25-17-6-4-3-5-16(17)22-11-19(25)27/h3-11H,12H2,1-2H3,(H,23,24,26). The maximum absolute atomic E-state index is 12.6. The summed E-state index contributed by atoms with van der Waals surface area (Å²) in [7, 11) is 1.62. The Morgan fingerprint density at radius 1 is 1.17 bits per heavy atom. The van der Waals surface area contributed by atoms with Crippen LogP contribution < -0.4 is 15.6 Å². The number of thiazole rings is 1. The zero-order valence-electron chi connectivity index (χ0n) is 15.9. The first-order valence-electron chi connectivity index (χ1n) is 8.91. The number of aromatic nitrogens is 3. The molecule has 0 aliphatic rings. The molecule has 0 unspecified atom stereocenters. The van der Waals surface area contributed by atoms with Crippen molar-refractivity contribution in [3.05, 3.63) is 70.0 Å². The molecule has 0 saturated heterocycles. The number of ether oxygens (including phenoxy) is 1. The molecule has 0 radical (unpaired) electrons. The summed E-state index contributed by atoms with van der Waals surface area (Å²) < 4.78 is 6.59. The maximum Gasteiger partial charge on any atom is 0.269 e. The predicted molar refractivity (Wildman–Crippen MR) is 113 cm³/mol. The van der Waals surface area contributed by atoms with Gasteiger partial charge in [-0.25, -0.2) is 9.97 Å². The number of aryl methyl sites for hydroxylation is 1. The Kier molecular flexibility index (Phi) is 5.09. The number of carbonyl (C=O) groups is 1. The van der Waals surface area contributed by atoms with Crippen LogP contribution in [0.5, 0.6) is 5.75 Å². The Balaban J connectivity index is 1.55. The quantitative estimate of drug-likeness (QED) is 0.548. The average molecular weight is 406 g/mol. The smallest absolute Gasteiger partial charge is 0.269 e. The Labute approximate surface area is 170 Å². The minimum atomic E-state index is -0.326. The predicted octanol–water partition coefficient (Wildman–Crippen LogP) is 3.48. The second kappa shape index (κ2) is 7.84. The number of nitrogens with one attached hydrogen (secondary N) is 1. The van der Waals surface area contributed by atoms with Crippen molar-refractivity contribution in [1.82, 2.24) is 14.5 Å². The molecule has 0 bridgehead atoms. The first kappa shape index (κ1) is 18.8. The van der Waals surface area contributed by atoms with Crippen molar-refractivity contribution < 1.29 is 9.53 Å². The largest absolute Gasteiger partial charge is 0.497 e. The number of anilines is 1. The summed E-state index contributed by atoms with van der Waals surface area (Å²) in [6.07, 6.45) is 1.23. The molecule has 4 aromatic rings. The topological polar surface area (TPSA) is 86.1 Å². The third-order valence-electron chi connectivity index (χ3n) is 4.46. The van der Waals surface area contributed by atoms with Gasteiger partial charge >= 0.3 is 0 Å². The number of methoxy groups -OCH3 is 1. The lowest BCUT2D eigenvalue weighted by molar-refractivity contribution is -0.116. The van der Waals surface area contributed by atoms with Gasteiger partial charge in [-0.2, -0.15) is 0 Å². The fourth-order valence-corrected chi connectivity index (χ4v) is 3.90.